The highest BCUT2D eigenvalue weighted by atomic mass is 32.1. The van der Waals surface area contributed by atoms with E-state index >= 15 is 0 Å². The number of hydrogen-bond acceptors (Lipinski definition) is 7. The molecule has 0 aliphatic carbocycles. The van der Waals surface area contributed by atoms with Crippen molar-refractivity contribution in [3.63, 3.8) is 0 Å². The molecule has 1 heterocycles. The van der Waals surface area contributed by atoms with Gasteiger partial charge in [0.1, 0.15) is 17.4 Å². The summed E-state index contributed by atoms with van der Waals surface area (Å²) < 4.78 is 10.7. The number of esters is 1. The van der Waals surface area contributed by atoms with Crippen molar-refractivity contribution in [3.8, 4) is 22.9 Å². The molecule has 0 spiro atoms. The summed E-state index contributed by atoms with van der Waals surface area (Å²) in [7, 11) is 1.54. The van der Waals surface area contributed by atoms with Crippen LogP contribution >= 0.6 is 11.3 Å². The first-order valence-corrected chi connectivity index (χ1v) is 11.6. The SMILES string of the molecule is COc1ccccc1NC(=O)Cc1nc(COC(=O)c2ccccc2-c2ccccc2C#N)cs1. The van der Waals surface area contributed by atoms with Crippen LogP contribution in [0.4, 0.5) is 5.69 Å². The molecule has 1 amide bonds. The Hall–Kier alpha value is -4.48. The first-order chi connectivity index (χ1) is 17.1. The molecule has 0 saturated heterocycles. The molecule has 174 valence electrons. The lowest BCUT2D eigenvalue weighted by Gasteiger charge is -2.10. The summed E-state index contributed by atoms with van der Waals surface area (Å²) in [5.41, 5.74) is 3.27. The second kappa shape index (κ2) is 11.1. The number of amides is 1. The van der Waals surface area contributed by atoms with Gasteiger partial charge in [-0.25, -0.2) is 9.78 Å². The number of anilines is 1. The van der Waals surface area contributed by atoms with Crippen molar-refractivity contribution in [2.24, 2.45) is 0 Å². The molecule has 0 atom stereocenters. The molecular weight excluding hydrogens is 462 g/mol. The number of ether oxygens (including phenoxy) is 2. The number of nitriles is 1. The van der Waals surface area contributed by atoms with Gasteiger partial charge in [-0.05, 0) is 29.8 Å². The van der Waals surface area contributed by atoms with Gasteiger partial charge in [-0.3, -0.25) is 4.79 Å². The van der Waals surface area contributed by atoms with Crippen LogP contribution in [0.25, 0.3) is 11.1 Å². The zero-order chi connectivity index (χ0) is 24.6. The van der Waals surface area contributed by atoms with Crippen LogP contribution < -0.4 is 10.1 Å². The number of benzene rings is 3. The van der Waals surface area contributed by atoms with E-state index in [1.807, 2.05) is 24.3 Å². The van der Waals surface area contributed by atoms with Gasteiger partial charge in [0.25, 0.3) is 0 Å². The van der Waals surface area contributed by atoms with Crippen molar-refractivity contribution in [3.05, 3.63) is 100 Å². The molecule has 1 N–H and O–H groups in total. The molecule has 8 heteroatoms. The minimum atomic E-state index is -0.517. The van der Waals surface area contributed by atoms with Gasteiger partial charge in [-0.2, -0.15) is 5.26 Å². The first kappa shape index (κ1) is 23.7. The summed E-state index contributed by atoms with van der Waals surface area (Å²) in [6.07, 6.45) is 0.0877. The molecule has 3 aromatic carbocycles. The van der Waals surface area contributed by atoms with Gasteiger partial charge in [0.2, 0.25) is 5.91 Å². The van der Waals surface area contributed by atoms with Gasteiger partial charge >= 0.3 is 5.97 Å². The Morgan fingerprint density at radius 1 is 1.00 bits per heavy atom. The van der Waals surface area contributed by atoms with Gasteiger partial charge in [0.15, 0.2) is 0 Å². The van der Waals surface area contributed by atoms with Crippen LogP contribution in [0.15, 0.2) is 78.2 Å². The summed E-state index contributed by atoms with van der Waals surface area (Å²) >= 11 is 1.32. The third-order valence-electron chi connectivity index (χ3n) is 5.13. The number of thiazole rings is 1. The number of rotatable bonds is 8. The third kappa shape index (κ3) is 5.72. The standard InChI is InChI=1S/C27H21N3O4S/c1-33-24-13-7-6-12-23(24)30-25(31)14-26-29-19(17-35-26)16-34-27(32)22-11-5-4-10-21(22)20-9-3-2-8-18(20)15-28/h2-13,17H,14,16H2,1H3,(H,30,31). The fourth-order valence-electron chi connectivity index (χ4n) is 3.50. The van der Waals surface area contributed by atoms with Crippen LogP contribution in [0.1, 0.15) is 26.6 Å². The smallest absolute Gasteiger partial charge is 0.339 e. The van der Waals surface area contributed by atoms with Crippen molar-refractivity contribution in [1.82, 2.24) is 4.98 Å². The van der Waals surface area contributed by atoms with Crippen molar-refractivity contribution in [2.45, 2.75) is 13.0 Å². The van der Waals surface area contributed by atoms with Crippen LogP contribution in [0, 0.1) is 11.3 Å². The summed E-state index contributed by atoms with van der Waals surface area (Å²) in [5.74, 6) is -0.167. The number of hydrogen-bond donors (Lipinski definition) is 1. The van der Waals surface area contributed by atoms with E-state index in [0.717, 1.165) is 0 Å². The molecule has 0 aliphatic rings. The van der Waals surface area contributed by atoms with E-state index in [2.05, 4.69) is 16.4 Å². The maximum absolute atomic E-state index is 12.9. The number of nitrogens with one attached hydrogen (secondary N) is 1. The lowest BCUT2D eigenvalue weighted by molar-refractivity contribution is -0.115. The van der Waals surface area contributed by atoms with Crippen LogP contribution in [0.5, 0.6) is 5.75 Å². The molecule has 0 unspecified atom stereocenters. The molecule has 7 nitrogen and oxygen atoms in total. The zero-order valence-corrected chi connectivity index (χ0v) is 19.7. The number of para-hydroxylation sites is 2. The Kier molecular flexibility index (Phi) is 7.50. The highest BCUT2D eigenvalue weighted by Crippen LogP contribution is 2.28. The Labute approximate surface area is 206 Å². The molecule has 4 aromatic rings. The van der Waals surface area contributed by atoms with Gasteiger partial charge in [0, 0.05) is 10.9 Å². The second-order valence-corrected chi connectivity index (χ2v) is 8.38. The summed E-state index contributed by atoms with van der Waals surface area (Å²) in [6, 6.07) is 23.4. The first-order valence-electron chi connectivity index (χ1n) is 10.7. The molecule has 0 fully saturated rings. The van der Waals surface area contributed by atoms with E-state index in [1.165, 1.54) is 11.3 Å². The predicted molar refractivity (Wildman–Crippen MR) is 133 cm³/mol. The maximum atomic E-state index is 12.9. The number of carbonyl (C=O) groups excluding carboxylic acids is 2. The van der Waals surface area contributed by atoms with E-state index in [4.69, 9.17) is 9.47 Å². The number of methoxy groups -OCH3 is 1. The van der Waals surface area contributed by atoms with Gasteiger partial charge in [-0.1, -0.05) is 48.5 Å². The summed E-state index contributed by atoms with van der Waals surface area (Å²) in [5, 5.41) is 14.6. The predicted octanol–water partition coefficient (Wildman–Crippen LogP) is 5.23. The van der Waals surface area contributed by atoms with Crippen molar-refractivity contribution >= 4 is 28.9 Å². The average Bonchev–Trinajstić information content (AvgIpc) is 3.34. The zero-order valence-electron chi connectivity index (χ0n) is 18.9. The summed E-state index contributed by atoms with van der Waals surface area (Å²) in [6.45, 7) is -0.0301. The molecule has 1 aromatic heterocycles. The Bertz CT molecular complexity index is 1410. The van der Waals surface area contributed by atoms with E-state index in [1.54, 1.807) is 61.0 Å². The van der Waals surface area contributed by atoms with Crippen molar-refractivity contribution in [1.29, 1.82) is 5.26 Å². The Balaban J connectivity index is 1.40. The molecule has 0 aliphatic heterocycles. The van der Waals surface area contributed by atoms with E-state index in [0.29, 0.717) is 44.4 Å². The molecular formula is C27H21N3O4S. The second-order valence-electron chi connectivity index (χ2n) is 7.44. The summed E-state index contributed by atoms with van der Waals surface area (Å²) in [4.78, 5) is 29.7. The lowest BCUT2D eigenvalue weighted by Crippen LogP contribution is -2.15. The fraction of sp³-hybridized carbons (Fsp3) is 0.111. The number of nitrogens with zero attached hydrogens (tertiary/aromatic N) is 2. The van der Waals surface area contributed by atoms with Crippen molar-refractivity contribution in [2.75, 3.05) is 12.4 Å². The van der Waals surface area contributed by atoms with Gasteiger partial charge in [-0.15, -0.1) is 11.3 Å². The van der Waals surface area contributed by atoms with Gasteiger partial charge < -0.3 is 14.8 Å². The third-order valence-corrected chi connectivity index (χ3v) is 6.03. The minimum absolute atomic E-state index is 0.0301. The van der Waals surface area contributed by atoms with Crippen LogP contribution in [0.3, 0.4) is 0 Å². The van der Waals surface area contributed by atoms with E-state index in [9.17, 15) is 14.9 Å². The molecule has 0 bridgehead atoms. The topological polar surface area (TPSA) is 101 Å². The van der Waals surface area contributed by atoms with Crippen LogP contribution in [-0.2, 0) is 22.6 Å². The minimum Gasteiger partial charge on any atom is -0.495 e. The highest BCUT2D eigenvalue weighted by molar-refractivity contribution is 7.09. The highest BCUT2D eigenvalue weighted by Gasteiger charge is 2.17. The van der Waals surface area contributed by atoms with Crippen LogP contribution in [0.2, 0.25) is 0 Å². The largest absolute Gasteiger partial charge is 0.495 e. The van der Waals surface area contributed by atoms with E-state index < -0.39 is 5.97 Å². The molecule has 0 radical (unpaired) electrons. The quantitative estimate of drug-likeness (QED) is 0.345. The molecule has 35 heavy (non-hydrogen) atoms. The normalized spacial score (nSPS) is 10.3. The molecule has 4 rings (SSSR count). The number of carbonyl (C=O) groups is 2. The Morgan fingerprint density at radius 3 is 2.51 bits per heavy atom. The van der Waals surface area contributed by atoms with E-state index in [-0.39, 0.29) is 18.9 Å². The van der Waals surface area contributed by atoms with Gasteiger partial charge in [0.05, 0.1) is 42.1 Å². The molecule has 0 saturated carbocycles. The lowest BCUT2D eigenvalue weighted by atomic mass is 9.96. The average molecular weight is 484 g/mol. The fourth-order valence-corrected chi connectivity index (χ4v) is 4.28. The Morgan fingerprint density at radius 2 is 1.71 bits per heavy atom. The maximum Gasteiger partial charge on any atom is 0.339 e. The van der Waals surface area contributed by atoms with Crippen LogP contribution in [-0.4, -0.2) is 24.0 Å². The monoisotopic (exact) mass is 483 g/mol. The number of aromatic nitrogens is 1. The van der Waals surface area contributed by atoms with Crippen molar-refractivity contribution < 1.29 is 19.1 Å².